The molecule has 10 nitrogen and oxygen atoms in total. The molecule has 1 amide bonds. The summed E-state index contributed by atoms with van der Waals surface area (Å²) in [5, 5.41) is 16.2. The van der Waals surface area contributed by atoms with Gasteiger partial charge in [-0.2, -0.15) is 10.2 Å². The molecule has 3 fully saturated rings. The van der Waals surface area contributed by atoms with Crippen LogP contribution in [-0.4, -0.2) is 91.7 Å². The van der Waals surface area contributed by atoms with Crippen LogP contribution in [0.15, 0.2) is 24.4 Å². The first-order chi connectivity index (χ1) is 18.1. The Morgan fingerprint density at radius 3 is 2.81 bits per heavy atom. The lowest BCUT2D eigenvalue weighted by Crippen LogP contribution is -2.44. The molecule has 37 heavy (non-hydrogen) atoms. The van der Waals surface area contributed by atoms with E-state index in [1.165, 1.54) is 24.1 Å². The first-order valence-corrected chi connectivity index (χ1v) is 13.3. The van der Waals surface area contributed by atoms with E-state index in [9.17, 15) is 10.1 Å². The maximum atomic E-state index is 12.1. The number of carbonyl (C=O) groups excluding carboxylic acids is 1. The predicted octanol–water partition coefficient (Wildman–Crippen LogP) is 2.77. The summed E-state index contributed by atoms with van der Waals surface area (Å²) < 4.78 is 5.30. The van der Waals surface area contributed by atoms with E-state index in [-0.39, 0.29) is 12.5 Å². The fraction of sp³-hybridized carbons (Fsp3) is 0.556. The summed E-state index contributed by atoms with van der Waals surface area (Å²) in [6.07, 6.45) is 5.57. The van der Waals surface area contributed by atoms with Gasteiger partial charge < -0.3 is 30.1 Å². The minimum atomic E-state index is 0.0360. The highest BCUT2D eigenvalue weighted by atomic mass is 16.5. The van der Waals surface area contributed by atoms with Crippen molar-refractivity contribution < 1.29 is 9.53 Å². The van der Waals surface area contributed by atoms with Gasteiger partial charge in [-0.15, -0.1) is 0 Å². The molecule has 5 rings (SSSR count). The second-order valence-corrected chi connectivity index (χ2v) is 10.1. The Morgan fingerprint density at radius 2 is 2.03 bits per heavy atom. The van der Waals surface area contributed by atoms with Crippen molar-refractivity contribution in [2.75, 3.05) is 81.6 Å². The quantitative estimate of drug-likeness (QED) is 0.498. The molecule has 2 aromatic rings. The van der Waals surface area contributed by atoms with Crippen LogP contribution in [0.4, 0.5) is 23.1 Å². The molecule has 1 aliphatic carbocycles. The number of nitrogens with one attached hydrogen (secondary N) is 2. The van der Waals surface area contributed by atoms with Gasteiger partial charge in [-0.25, -0.2) is 4.98 Å². The Morgan fingerprint density at radius 1 is 1.19 bits per heavy atom. The SMILES string of the molecule is CN1CCN(c2ccc(Nc3ncc(C#N)c(NCCCN4CCCOCC4=O)n3)c(C3CC3)c2)CC1. The van der Waals surface area contributed by atoms with Gasteiger partial charge in [0.1, 0.15) is 24.1 Å². The predicted molar refractivity (Wildman–Crippen MR) is 143 cm³/mol. The molecule has 0 radical (unpaired) electrons. The zero-order chi connectivity index (χ0) is 25.6. The van der Waals surface area contributed by atoms with Crippen LogP contribution in [0.25, 0.3) is 0 Å². The van der Waals surface area contributed by atoms with E-state index in [2.05, 4.69) is 61.7 Å². The van der Waals surface area contributed by atoms with Crippen molar-refractivity contribution in [2.24, 2.45) is 0 Å². The number of likely N-dealkylation sites (N-methyl/N-ethyl adjacent to an activating group) is 1. The molecule has 2 saturated heterocycles. The van der Waals surface area contributed by atoms with Crippen molar-refractivity contribution in [1.82, 2.24) is 19.8 Å². The maximum absolute atomic E-state index is 12.1. The van der Waals surface area contributed by atoms with E-state index in [0.717, 1.165) is 51.3 Å². The third-order valence-corrected chi connectivity index (χ3v) is 7.27. The van der Waals surface area contributed by atoms with Gasteiger partial charge in [0.15, 0.2) is 0 Å². The number of rotatable bonds is 9. The maximum Gasteiger partial charge on any atom is 0.248 e. The monoisotopic (exact) mass is 504 g/mol. The van der Waals surface area contributed by atoms with Crippen molar-refractivity contribution >= 4 is 29.0 Å². The molecule has 1 aromatic carbocycles. The topological polar surface area (TPSA) is 110 Å². The number of carbonyl (C=O) groups is 1. The van der Waals surface area contributed by atoms with E-state index in [1.807, 2.05) is 4.90 Å². The summed E-state index contributed by atoms with van der Waals surface area (Å²) in [5.41, 5.74) is 4.01. The number of ether oxygens (including phenoxy) is 1. The van der Waals surface area contributed by atoms with Gasteiger partial charge in [0.25, 0.3) is 0 Å². The second-order valence-electron chi connectivity index (χ2n) is 10.1. The van der Waals surface area contributed by atoms with E-state index in [1.54, 1.807) is 6.20 Å². The average molecular weight is 505 g/mol. The fourth-order valence-electron chi connectivity index (χ4n) is 4.88. The number of benzene rings is 1. The zero-order valence-electron chi connectivity index (χ0n) is 21.6. The number of amides is 1. The molecule has 2 N–H and O–H groups in total. The molecule has 0 atom stereocenters. The largest absolute Gasteiger partial charge is 0.372 e. The lowest BCUT2D eigenvalue weighted by atomic mass is 10.1. The summed E-state index contributed by atoms with van der Waals surface area (Å²) in [6, 6.07) is 8.81. The van der Waals surface area contributed by atoms with Gasteiger partial charge in [-0.3, -0.25) is 4.79 Å². The number of anilines is 4. The van der Waals surface area contributed by atoms with Gasteiger partial charge in [0.2, 0.25) is 11.9 Å². The highest BCUT2D eigenvalue weighted by molar-refractivity contribution is 5.77. The molecule has 1 saturated carbocycles. The molecule has 3 aliphatic rings. The number of nitrogens with zero attached hydrogens (tertiary/aromatic N) is 6. The van der Waals surface area contributed by atoms with Crippen molar-refractivity contribution in [1.29, 1.82) is 5.26 Å². The van der Waals surface area contributed by atoms with Crippen LogP contribution < -0.4 is 15.5 Å². The van der Waals surface area contributed by atoms with Gasteiger partial charge >= 0.3 is 0 Å². The van der Waals surface area contributed by atoms with Crippen molar-refractivity contribution in [3.8, 4) is 6.07 Å². The summed E-state index contributed by atoms with van der Waals surface area (Å²) in [5.74, 6) is 1.58. The Labute approximate surface area is 218 Å². The number of hydrogen-bond donors (Lipinski definition) is 2. The Hall–Kier alpha value is -3.42. The summed E-state index contributed by atoms with van der Waals surface area (Å²) in [6.45, 7) is 7.01. The minimum Gasteiger partial charge on any atom is -0.372 e. The van der Waals surface area contributed by atoms with E-state index in [0.29, 0.717) is 42.9 Å². The highest BCUT2D eigenvalue weighted by Gasteiger charge is 2.28. The van der Waals surface area contributed by atoms with Gasteiger partial charge in [0.05, 0.1) is 6.20 Å². The molecular formula is C27H36N8O2. The van der Waals surface area contributed by atoms with Crippen molar-refractivity contribution in [2.45, 2.75) is 31.6 Å². The third kappa shape index (κ3) is 6.48. The van der Waals surface area contributed by atoms with Crippen molar-refractivity contribution in [3.63, 3.8) is 0 Å². The van der Waals surface area contributed by atoms with Crippen LogP contribution in [0.5, 0.6) is 0 Å². The summed E-state index contributed by atoms with van der Waals surface area (Å²) in [7, 11) is 2.17. The zero-order valence-corrected chi connectivity index (χ0v) is 21.6. The van der Waals surface area contributed by atoms with Crippen LogP contribution in [0.2, 0.25) is 0 Å². The Bertz CT molecular complexity index is 1140. The second kappa shape index (κ2) is 11.8. The smallest absolute Gasteiger partial charge is 0.248 e. The number of hydrogen-bond acceptors (Lipinski definition) is 9. The van der Waals surface area contributed by atoms with Crippen LogP contribution >= 0.6 is 0 Å². The van der Waals surface area contributed by atoms with E-state index < -0.39 is 0 Å². The Balaban J connectivity index is 1.24. The molecule has 0 spiro atoms. The number of piperazine rings is 1. The summed E-state index contributed by atoms with van der Waals surface area (Å²) in [4.78, 5) is 27.8. The molecular weight excluding hydrogens is 468 g/mol. The van der Waals surface area contributed by atoms with E-state index in [4.69, 9.17) is 4.74 Å². The average Bonchev–Trinajstić information content (AvgIpc) is 3.77. The van der Waals surface area contributed by atoms with Crippen LogP contribution in [0, 0.1) is 11.3 Å². The third-order valence-electron chi connectivity index (χ3n) is 7.27. The Kier molecular flexibility index (Phi) is 8.02. The molecule has 3 heterocycles. The fourth-order valence-corrected chi connectivity index (χ4v) is 4.88. The van der Waals surface area contributed by atoms with Crippen LogP contribution in [0.1, 0.15) is 42.7 Å². The molecule has 2 aliphatic heterocycles. The van der Waals surface area contributed by atoms with Gasteiger partial charge in [-0.1, -0.05) is 0 Å². The van der Waals surface area contributed by atoms with Gasteiger partial charge in [-0.05, 0) is 62.4 Å². The van der Waals surface area contributed by atoms with Crippen LogP contribution in [0.3, 0.4) is 0 Å². The summed E-state index contributed by atoms with van der Waals surface area (Å²) >= 11 is 0. The standard InChI is InChI=1S/C27H36N8O2/c1-33-11-13-34(14-12-33)22-6-7-24(23(16-22)20-4-5-20)31-27-30-18-21(17-28)26(32-27)29-8-2-9-35-10-3-15-37-19-25(35)36/h6-7,16,18,20H,2-5,8-15,19H2,1H3,(H2,29,30,31,32). The molecule has 10 heteroatoms. The number of aromatic nitrogens is 2. The molecule has 0 unspecified atom stereocenters. The lowest BCUT2D eigenvalue weighted by molar-refractivity contribution is -0.133. The van der Waals surface area contributed by atoms with Gasteiger partial charge in [0, 0.05) is 63.8 Å². The van der Waals surface area contributed by atoms with E-state index >= 15 is 0 Å². The first-order valence-electron chi connectivity index (χ1n) is 13.3. The number of nitriles is 1. The van der Waals surface area contributed by atoms with Crippen molar-refractivity contribution in [3.05, 3.63) is 35.5 Å². The molecule has 1 aromatic heterocycles. The normalized spacial score (nSPS) is 18.9. The first kappa shape index (κ1) is 25.2. The molecule has 196 valence electrons. The molecule has 0 bridgehead atoms. The minimum absolute atomic E-state index is 0.0360. The lowest BCUT2D eigenvalue weighted by Gasteiger charge is -2.34. The highest BCUT2D eigenvalue weighted by Crippen LogP contribution is 2.45. The van der Waals surface area contributed by atoms with Crippen LogP contribution in [-0.2, 0) is 9.53 Å².